The number of halogens is 2. The van der Waals surface area contributed by atoms with E-state index in [2.05, 4.69) is 0 Å². The lowest BCUT2D eigenvalue weighted by atomic mass is 10.0. The van der Waals surface area contributed by atoms with Crippen LogP contribution in [0.5, 0.6) is 0 Å². The van der Waals surface area contributed by atoms with Crippen molar-refractivity contribution in [2.24, 2.45) is 0 Å². The van der Waals surface area contributed by atoms with Crippen molar-refractivity contribution < 1.29 is 22.4 Å². The van der Waals surface area contributed by atoms with Crippen molar-refractivity contribution in [3.63, 3.8) is 0 Å². The van der Waals surface area contributed by atoms with Crippen LogP contribution in [0.1, 0.15) is 28.8 Å². The number of hydrogen-bond acceptors (Lipinski definition) is 5. The molecule has 3 rings (SSSR count). The van der Waals surface area contributed by atoms with E-state index >= 15 is 0 Å². The van der Waals surface area contributed by atoms with E-state index in [0.717, 1.165) is 12.5 Å². The largest absolute Gasteiger partial charge is 0.366 e. The number of nitrogens with zero attached hydrogens (tertiary/aromatic N) is 2. The van der Waals surface area contributed by atoms with Crippen LogP contribution in [0, 0.1) is 5.82 Å². The Morgan fingerprint density at radius 2 is 1.80 bits per heavy atom. The molecule has 30 heavy (non-hydrogen) atoms. The Hall–Kier alpha value is -2.45. The van der Waals surface area contributed by atoms with E-state index < -0.39 is 15.7 Å². The van der Waals surface area contributed by atoms with Gasteiger partial charge in [0, 0.05) is 38.4 Å². The number of carbonyl (C=O) groups excluding carboxylic acids is 2. The topological polar surface area (TPSA) is 74.8 Å². The molecule has 1 saturated heterocycles. The summed E-state index contributed by atoms with van der Waals surface area (Å²) in [6.45, 7) is 3.20. The van der Waals surface area contributed by atoms with Crippen molar-refractivity contribution >= 4 is 39.3 Å². The monoisotopic (exact) mass is 452 g/mol. The zero-order valence-corrected chi connectivity index (χ0v) is 18.2. The number of piperazine rings is 1. The second kappa shape index (κ2) is 8.73. The molecule has 0 radical (unpaired) electrons. The summed E-state index contributed by atoms with van der Waals surface area (Å²) in [4.78, 5) is 27.2. The zero-order chi connectivity index (χ0) is 22.1. The van der Waals surface area contributed by atoms with Gasteiger partial charge in [-0.15, -0.1) is 0 Å². The lowest BCUT2D eigenvalue weighted by Crippen LogP contribution is -2.49. The Morgan fingerprint density at radius 3 is 2.37 bits per heavy atom. The summed E-state index contributed by atoms with van der Waals surface area (Å²) in [6.07, 6.45) is 1.83. The molecule has 1 aliphatic heterocycles. The predicted octanol–water partition coefficient (Wildman–Crippen LogP) is 3.15. The van der Waals surface area contributed by atoms with Gasteiger partial charge in [-0.05, 0) is 35.9 Å². The van der Waals surface area contributed by atoms with Gasteiger partial charge in [0.15, 0.2) is 9.84 Å². The maximum Gasteiger partial charge on any atom is 0.255 e. The van der Waals surface area contributed by atoms with Crippen molar-refractivity contribution in [1.29, 1.82) is 0 Å². The van der Waals surface area contributed by atoms with Crippen LogP contribution in [0.4, 0.5) is 10.1 Å². The number of carbonyl (C=O) groups is 2. The van der Waals surface area contributed by atoms with Gasteiger partial charge < -0.3 is 14.6 Å². The van der Waals surface area contributed by atoms with Crippen molar-refractivity contribution in [3.8, 4) is 0 Å². The summed E-state index contributed by atoms with van der Waals surface area (Å²) in [5.74, 6) is -1.15. The van der Waals surface area contributed by atoms with Crippen LogP contribution < -0.4 is 4.90 Å². The van der Waals surface area contributed by atoms with Crippen molar-refractivity contribution in [3.05, 3.63) is 58.4 Å². The van der Waals surface area contributed by atoms with E-state index in [9.17, 15) is 22.4 Å². The van der Waals surface area contributed by atoms with E-state index in [-0.39, 0.29) is 27.3 Å². The van der Waals surface area contributed by atoms with Crippen molar-refractivity contribution in [2.75, 3.05) is 37.3 Å². The molecule has 0 aromatic heterocycles. The fraction of sp³-hybridized carbons (Fsp3) is 0.333. The Balaban J connectivity index is 1.73. The summed E-state index contributed by atoms with van der Waals surface area (Å²) < 4.78 is 38.1. The lowest BCUT2D eigenvalue weighted by Gasteiger charge is -2.36. The SMILES string of the molecule is CC(C=O)c1ccc(N2CCN(C(=O)c3cc(S(C)(=O)=O)ccc3Cl)CC2)c(F)c1. The van der Waals surface area contributed by atoms with Gasteiger partial charge in [-0.25, -0.2) is 12.8 Å². The maximum absolute atomic E-state index is 14.5. The molecule has 0 aliphatic carbocycles. The third-order valence-electron chi connectivity index (χ3n) is 5.21. The van der Waals surface area contributed by atoms with Crippen LogP contribution >= 0.6 is 11.6 Å². The first-order valence-electron chi connectivity index (χ1n) is 9.40. The number of aldehydes is 1. The van der Waals surface area contributed by atoms with Crippen LogP contribution in [-0.2, 0) is 14.6 Å². The first-order chi connectivity index (χ1) is 14.1. The quantitative estimate of drug-likeness (QED) is 0.651. The fourth-order valence-corrected chi connectivity index (χ4v) is 4.21. The molecule has 0 spiro atoms. The van der Waals surface area contributed by atoms with E-state index in [1.165, 1.54) is 24.3 Å². The van der Waals surface area contributed by atoms with E-state index in [1.54, 1.807) is 24.0 Å². The van der Waals surface area contributed by atoms with Crippen LogP contribution in [0.15, 0.2) is 41.3 Å². The standard InChI is InChI=1S/C21H22ClFN2O4S/c1-14(13-26)15-3-6-20(19(23)11-15)24-7-9-25(10-8-24)21(27)17-12-16(30(2,28)29)4-5-18(17)22/h3-6,11-14H,7-10H2,1-2H3. The molecule has 9 heteroatoms. The molecule has 6 nitrogen and oxygen atoms in total. The second-order valence-corrected chi connectivity index (χ2v) is 9.75. The minimum absolute atomic E-state index is 0.0283. The first-order valence-corrected chi connectivity index (χ1v) is 11.7. The highest BCUT2D eigenvalue weighted by Crippen LogP contribution is 2.26. The smallest absolute Gasteiger partial charge is 0.255 e. The molecule has 2 aromatic rings. The van der Waals surface area contributed by atoms with Gasteiger partial charge >= 0.3 is 0 Å². The van der Waals surface area contributed by atoms with Gasteiger partial charge in [0.05, 0.1) is 21.2 Å². The molecule has 1 amide bonds. The number of hydrogen-bond donors (Lipinski definition) is 0. The molecule has 1 heterocycles. The molecule has 1 aliphatic rings. The Kier molecular flexibility index (Phi) is 6.47. The van der Waals surface area contributed by atoms with Crippen molar-refractivity contribution in [1.82, 2.24) is 4.90 Å². The van der Waals surface area contributed by atoms with E-state index in [0.29, 0.717) is 37.4 Å². The lowest BCUT2D eigenvalue weighted by molar-refractivity contribution is -0.108. The molecule has 0 saturated carbocycles. The summed E-state index contributed by atoms with van der Waals surface area (Å²) in [5.41, 5.74) is 1.16. The highest BCUT2D eigenvalue weighted by atomic mass is 35.5. The molecule has 1 atom stereocenters. The van der Waals surface area contributed by atoms with E-state index in [1.807, 2.05) is 4.90 Å². The van der Waals surface area contributed by atoms with Crippen molar-refractivity contribution in [2.45, 2.75) is 17.7 Å². The van der Waals surface area contributed by atoms with Crippen LogP contribution in [-0.4, -0.2) is 57.9 Å². The molecule has 0 bridgehead atoms. The zero-order valence-electron chi connectivity index (χ0n) is 16.6. The second-order valence-electron chi connectivity index (χ2n) is 7.33. The number of amides is 1. The van der Waals surface area contributed by atoms with Crippen LogP contribution in [0.3, 0.4) is 0 Å². The van der Waals surface area contributed by atoms with Gasteiger partial charge in [0.2, 0.25) is 0 Å². The Labute approximate surface area is 180 Å². The van der Waals surface area contributed by atoms with Gasteiger partial charge in [0.1, 0.15) is 12.1 Å². The summed E-state index contributed by atoms with van der Waals surface area (Å²) >= 11 is 6.13. The molecular weight excluding hydrogens is 431 g/mol. The highest BCUT2D eigenvalue weighted by Gasteiger charge is 2.26. The minimum atomic E-state index is -3.47. The number of sulfone groups is 1. The number of anilines is 1. The van der Waals surface area contributed by atoms with Gasteiger partial charge in [-0.2, -0.15) is 0 Å². The third-order valence-corrected chi connectivity index (χ3v) is 6.65. The Bertz CT molecular complexity index is 1080. The molecule has 160 valence electrons. The molecule has 1 unspecified atom stereocenters. The predicted molar refractivity (Wildman–Crippen MR) is 114 cm³/mol. The molecule has 2 aromatic carbocycles. The number of rotatable bonds is 5. The first kappa shape index (κ1) is 22.2. The highest BCUT2D eigenvalue weighted by molar-refractivity contribution is 7.90. The molecule has 0 N–H and O–H groups in total. The normalized spacial score (nSPS) is 15.7. The van der Waals surface area contributed by atoms with Gasteiger partial charge in [0.25, 0.3) is 5.91 Å². The third kappa shape index (κ3) is 4.65. The summed E-state index contributed by atoms with van der Waals surface area (Å²) in [7, 11) is -3.47. The van der Waals surface area contributed by atoms with Gasteiger partial charge in [-0.1, -0.05) is 24.6 Å². The Morgan fingerprint density at radius 1 is 1.13 bits per heavy atom. The average Bonchev–Trinajstić information content (AvgIpc) is 2.72. The summed E-state index contributed by atoms with van der Waals surface area (Å²) in [6, 6.07) is 8.80. The molecular formula is C21H22ClFN2O4S. The van der Waals surface area contributed by atoms with Gasteiger partial charge in [-0.3, -0.25) is 4.79 Å². The minimum Gasteiger partial charge on any atom is -0.366 e. The van der Waals surface area contributed by atoms with Crippen LogP contribution in [0.25, 0.3) is 0 Å². The maximum atomic E-state index is 14.5. The average molecular weight is 453 g/mol. The van der Waals surface area contributed by atoms with E-state index in [4.69, 9.17) is 11.6 Å². The fourth-order valence-electron chi connectivity index (χ4n) is 3.36. The molecule has 1 fully saturated rings. The summed E-state index contributed by atoms with van der Waals surface area (Å²) in [5, 5.41) is 0.181. The van der Waals surface area contributed by atoms with Crippen LogP contribution in [0.2, 0.25) is 5.02 Å². The number of benzene rings is 2.